The van der Waals surface area contributed by atoms with Crippen LogP contribution in [0.5, 0.6) is 5.75 Å². The summed E-state index contributed by atoms with van der Waals surface area (Å²) in [5, 5.41) is 2.83. The van der Waals surface area contributed by atoms with Crippen LogP contribution >= 0.6 is 0 Å². The van der Waals surface area contributed by atoms with Crippen LogP contribution in [0, 0.1) is 0 Å². The van der Waals surface area contributed by atoms with Crippen molar-refractivity contribution in [3.05, 3.63) is 42.5 Å². The number of benzene rings is 1. The number of methoxy groups -OCH3 is 1. The Morgan fingerprint density at radius 3 is 2.78 bits per heavy atom. The van der Waals surface area contributed by atoms with Crippen LogP contribution in [0.3, 0.4) is 0 Å². The molecule has 0 spiro atoms. The number of carbonyl (C=O) groups is 1. The first-order valence-corrected chi connectivity index (χ1v) is 8.12. The standard InChI is InChI=1S/C18H27N3O2/c1-4-8-19-18(22)14-20-9-11-21(12-10-20)15(2)16-6-5-7-17(13-16)23-3/h4-7,13,15H,1,8-12,14H2,2-3H3,(H,19,22). The van der Waals surface area contributed by atoms with E-state index >= 15 is 0 Å². The topological polar surface area (TPSA) is 44.8 Å². The van der Waals surface area contributed by atoms with E-state index in [0.717, 1.165) is 31.9 Å². The molecule has 0 aliphatic carbocycles. The third kappa shape index (κ3) is 5.08. The summed E-state index contributed by atoms with van der Waals surface area (Å²) < 4.78 is 5.31. The maximum atomic E-state index is 11.7. The Bertz CT molecular complexity index is 525. The normalized spacial score (nSPS) is 17.5. The van der Waals surface area contributed by atoms with Gasteiger partial charge in [0.05, 0.1) is 13.7 Å². The number of nitrogens with one attached hydrogen (secondary N) is 1. The van der Waals surface area contributed by atoms with Gasteiger partial charge in [-0.1, -0.05) is 18.2 Å². The Labute approximate surface area is 138 Å². The number of ether oxygens (including phenoxy) is 1. The third-order valence-electron chi connectivity index (χ3n) is 4.34. The quantitative estimate of drug-likeness (QED) is 0.777. The number of hydrogen-bond donors (Lipinski definition) is 1. The van der Waals surface area contributed by atoms with E-state index in [2.05, 4.69) is 40.8 Å². The highest BCUT2D eigenvalue weighted by atomic mass is 16.5. The molecule has 1 fully saturated rings. The van der Waals surface area contributed by atoms with Gasteiger partial charge in [0.1, 0.15) is 5.75 Å². The van der Waals surface area contributed by atoms with Gasteiger partial charge < -0.3 is 10.1 Å². The van der Waals surface area contributed by atoms with Gasteiger partial charge >= 0.3 is 0 Å². The minimum Gasteiger partial charge on any atom is -0.497 e. The van der Waals surface area contributed by atoms with Gasteiger partial charge in [-0.15, -0.1) is 6.58 Å². The van der Waals surface area contributed by atoms with E-state index in [9.17, 15) is 4.79 Å². The molecular formula is C18H27N3O2. The molecule has 1 aliphatic rings. The smallest absolute Gasteiger partial charge is 0.234 e. The van der Waals surface area contributed by atoms with E-state index in [0.29, 0.717) is 19.1 Å². The molecule has 1 atom stereocenters. The van der Waals surface area contributed by atoms with Gasteiger partial charge in [0, 0.05) is 38.8 Å². The lowest BCUT2D eigenvalue weighted by atomic mass is 10.1. The van der Waals surface area contributed by atoms with Crippen molar-refractivity contribution >= 4 is 5.91 Å². The third-order valence-corrected chi connectivity index (χ3v) is 4.34. The molecule has 0 aromatic heterocycles. The molecule has 1 aromatic carbocycles. The zero-order valence-corrected chi connectivity index (χ0v) is 14.1. The molecular weight excluding hydrogens is 290 g/mol. The zero-order chi connectivity index (χ0) is 16.7. The summed E-state index contributed by atoms with van der Waals surface area (Å²) in [6, 6.07) is 8.59. The average Bonchev–Trinajstić information content (AvgIpc) is 2.60. The fourth-order valence-corrected chi connectivity index (χ4v) is 2.87. The molecule has 1 saturated heterocycles. The Morgan fingerprint density at radius 1 is 1.39 bits per heavy atom. The van der Waals surface area contributed by atoms with E-state index in [1.54, 1.807) is 13.2 Å². The summed E-state index contributed by atoms with van der Waals surface area (Å²) >= 11 is 0. The first-order chi connectivity index (χ1) is 11.1. The molecule has 0 bridgehead atoms. The van der Waals surface area contributed by atoms with Crippen LogP contribution in [0.4, 0.5) is 0 Å². The van der Waals surface area contributed by atoms with Crippen LogP contribution in [0.25, 0.3) is 0 Å². The van der Waals surface area contributed by atoms with Crippen molar-refractivity contribution in [2.75, 3.05) is 46.4 Å². The van der Waals surface area contributed by atoms with Gasteiger partial charge in [-0.05, 0) is 24.6 Å². The highest BCUT2D eigenvalue weighted by molar-refractivity contribution is 5.78. The summed E-state index contributed by atoms with van der Waals surface area (Å²) in [4.78, 5) is 16.4. The largest absolute Gasteiger partial charge is 0.497 e. The minimum absolute atomic E-state index is 0.0687. The lowest BCUT2D eigenvalue weighted by Crippen LogP contribution is -2.49. The Morgan fingerprint density at radius 2 is 2.13 bits per heavy atom. The Balaban J connectivity index is 1.83. The maximum absolute atomic E-state index is 11.7. The van der Waals surface area contributed by atoms with E-state index in [-0.39, 0.29) is 5.91 Å². The van der Waals surface area contributed by atoms with Crippen LogP contribution in [-0.4, -0.2) is 62.1 Å². The maximum Gasteiger partial charge on any atom is 0.234 e. The summed E-state index contributed by atoms with van der Waals surface area (Å²) in [5.74, 6) is 0.964. The van der Waals surface area contributed by atoms with E-state index in [1.807, 2.05) is 12.1 Å². The molecule has 1 aliphatic heterocycles. The monoisotopic (exact) mass is 317 g/mol. The molecule has 5 heteroatoms. The van der Waals surface area contributed by atoms with Crippen molar-refractivity contribution in [2.24, 2.45) is 0 Å². The van der Waals surface area contributed by atoms with Crippen LogP contribution in [0.1, 0.15) is 18.5 Å². The van der Waals surface area contributed by atoms with Gasteiger partial charge in [-0.25, -0.2) is 0 Å². The second-order valence-corrected chi connectivity index (χ2v) is 5.86. The fraction of sp³-hybridized carbons (Fsp3) is 0.500. The second kappa shape index (κ2) is 8.70. The van der Waals surface area contributed by atoms with Gasteiger partial charge in [0.2, 0.25) is 5.91 Å². The molecule has 5 nitrogen and oxygen atoms in total. The summed E-state index contributed by atoms with van der Waals surface area (Å²) in [6.45, 7) is 10.6. The van der Waals surface area contributed by atoms with Crippen molar-refractivity contribution in [1.82, 2.24) is 15.1 Å². The summed E-state index contributed by atoms with van der Waals surface area (Å²) in [5.41, 5.74) is 1.27. The molecule has 1 aromatic rings. The number of piperazine rings is 1. The van der Waals surface area contributed by atoms with Crippen molar-refractivity contribution in [2.45, 2.75) is 13.0 Å². The SMILES string of the molecule is C=CCNC(=O)CN1CCN(C(C)c2cccc(OC)c2)CC1. The van der Waals surface area contributed by atoms with Gasteiger partial charge in [-0.2, -0.15) is 0 Å². The van der Waals surface area contributed by atoms with Crippen molar-refractivity contribution in [3.63, 3.8) is 0 Å². The number of amides is 1. The predicted octanol–water partition coefficient (Wildman–Crippen LogP) is 1.68. The average molecular weight is 317 g/mol. The minimum atomic E-state index is 0.0687. The Kier molecular flexibility index (Phi) is 6.62. The fourth-order valence-electron chi connectivity index (χ4n) is 2.87. The molecule has 0 saturated carbocycles. The zero-order valence-electron chi connectivity index (χ0n) is 14.1. The number of carbonyl (C=O) groups excluding carboxylic acids is 1. The molecule has 23 heavy (non-hydrogen) atoms. The summed E-state index contributed by atoms with van der Waals surface area (Å²) in [6.07, 6.45) is 1.70. The highest BCUT2D eigenvalue weighted by Gasteiger charge is 2.23. The second-order valence-electron chi connectivity index (χ2n) is 5.86. The molecule has 1 N–H and O–H groups in total. The number of rotatable bonds is 7. The van der Waals surface area contributed by atoms with Gasteiger partial charge in [0.25, 0.3) is 0 Å². The molecule has 0 radical (unpaired) electrons. The summed E-state index contributed by atoms with van der Waals surface area (Å²) in [7, 11) is 1.69. The van der Waals surface area contributed by atoms with Gasteiger partial charge in [0.15, 0.2) is 0 Å². The van der Waals surface area contributed by atoms with Crippen molar-refractivity contribution in [1.29, 1.82) is 0 Å². The van der Waals surface area contributed by atoms with Crippen LogP contribution in [0.2, 0.25) is 0 Å². The molecule has 1 amide bonds. The van der Waals surface area contributed by atoms with Crippen LogP contribution < -0.4 is 10.1 Å². The van der Waals surface area contributed by atoms with E-state index in [4.69, 9.17) is 4.74 Å². The lowest BCUT2D eigenvalue weighted by molar-refractivity contribution is -0.122. The van der Waals surface area contributed by atoms with Crippen LogP contribution in [0.15, 0.2) is 36.9 Å². The van der Waals surface area contributed by atoms with E-state index < -0.39 is 0 Å². The Hall–Kier alpha value is -1.85. The molecule has 2 rings (SSSR count). The number of hydrogen-bond acceptors (Lipinski definition) is 4. The lowest BCUT2D eigenvalue weighted by Gasteiger charge is -2.38. The number of nitrogens with zero attached hydrogens (tertiary/aromatic N) is 2. The molecule has 1 unspecified atom stereocenters. The molecule has 126 valence electrons. The van der Waals surface area contributed by atoms with Crippen molar-refractivity contribution < 1.29 is 9.53 Å². The van der Waals surface area contributed by atoms with Gasteiger partial charge in [-0.3, -0.25) is 14.6 Å². The van der Waals surface area contributed by atoms with Crippen molar-refractivity contribution in [3.8, 4) is 5.75 Å². The molecule has 1 heterocycles. The predicted molar refractivity (Wildman–Crippen MR) is 92.6 cm³/mol. The van der Waals surface area contributed by atoms with Crippen LogP contribution in [-0.2, 0) is 4.79 Å². The first kappa shape index (κ1) is 17.5. The first-order valence-electron chi connectivity index (χ1n) is 8.12. The highest BCUT2D eigenvalue weighted by Crippen LogP contribution is 2.24. The van der Waals surface area contributed by atoms with E-state index in [1.165, 1.54) is 5.56 Å².